The van der Waals surface area contributed by atoms with E-state index in [1.165, 1.54) is 10.9 Å². The third kappa shape index (κ3) is 2.87. The van der Waals surface area contributed by atoms with Gasteiger partial charge in [-0.25, -0.2) is 14.3 Å². The van der Waals surface area contributed by atoms with Gasteiger partial charge in [0.2, 0.25) is 0 Å². The molecule has 9 nitrogen and oxygen atoms in total. The number of likely N-dealkylation sites (tertiary alicyclic amines) is 1. The standard InChI is InChI=1S/C11H17N5O4/c1-14(3-4-20-2)11(19)15-5-8(6-15)16-7-9(10(17)18)12-13-16/h7-8H,3-6H2,1-2H3,(H,17,18). The van der Waals surface area contributed by atoms with Crippen molar-refractivity contribution in [2.45, 2.75) is 6.04 Å². The van der Waals surface area contributed by atoms with E-state index >= 15 is 0 Å². The lowest BCUT2D eigenvalue weighted by Crippen LogP contribution is -2.55. The van der Waals surface area contributed by atoms with Crippen LogP contribution >= 0.6 is 0 Å². The van der Waals surface area contributed by atoms with Crippen LogP contribution in [0.2, 0.25) is 0 Å². The van der Waals surface area contributed by atoms with E-state index in [2.05, 4.69) is 10.3 Å². The number of nitrogens with zero attached hydrogens (tertiary/aromatic N) is 5. The van der Waals surface area contributed by atoms with Crippen molar-refractivity contribution in [1.29, 1.82) is 0 Å². The molecule has 0 aromatic carbocycles. The smallest absolute Gasteiger partial charge is 0.358 e. The molecule has 1 N–H and O–H groups in total. The Morgan fingerprint density at radius 2 is 2.25 bits per heavy atom. The minimum Gasteiger partial charge on any atom is -0.476 e. The van der Waals surface area contributed by atoms with Gasteiger partial charge in [-0.3, -0.25) is 0 Å². The molecule has 110 valence electrons. The predicted octanol–water partition coefficient (Wildman–Crippen LogP) is -0.469. The first-order valence-electron chi connectivity index (χ1n) is 6.17. The Bertz CT molecular complexity index is 497. The highest BCUT2D eigenvalue weighted by molar-refractivity contribution is 5.84. The summed E-state index contributed by atoms with van der Waals surface area (Å²) in [4.78, 5) is 25.9. The number of carbonyl (C=O) groups is 2. The van der Waals surface area contributed by atoms with Gasteiger partial charge in [-0.15, -0.1) is 5.10 Å². The molecule has 1 fully saturated rings. The number of carbonyl (C=O) groups excluding carboxylic acids is 1. The molecule has 0 unspecified atom stereocenters. The summed E-state index contributed by atoms with van der Waals surface area (Å²) >= 11 is 0. The summed E-state index contributed by atoms with van der Waals surface area (Å²) in [6.07, 6.45) is 1.38. The Labute approximate surface area is 115 Å². The van der Waals surface area contributed by atoms with Crippen molar-refractivity contribution >= 4 is 12.0 Å². The first kappa shape index (κ1) is 14.3. The minimum absolute atomic E-state index is 0.0182. The van der Waals surface area contributed by atoms with Gasteiger partial charge in [0.1, 0.15) is 0 Å². The largest absolute Gasteiger partial charge is 0.476 e. The summed E-state index contributed by atoms with van der Waals surface area (Å²) in [5.41, 5.74) is -0.0908. The molecule has 2 rings (SSSR count). The van der Waals surface area contributed by atoms with Crippen LogP contribution in [0.3, 0.4) is 0 Å². The third-order valence-electron chi connectivity index (χ3n) is 3.19. The first-order valence-corrected chi connectivity index (χ1v) is 6.17. The molecule has 1 aromatic rings. The van der Waals surface area contributed by atoms with Crippen molar-refractivity contribution in [2.75, 3.05) is 40.4 Å². The number of ether oxygens (including phenoxy) is 1. The summed E-state index contributed by atoms with van der Waals surface area (Å²) in [5.74, 6) is -1.11. The maximum absolute atomic E-state index is 12.0. The zero-order valence-electron chi connectivity index (χ0n) is 11.4. The molecular weight excluding hydrogens is 266 g/mol. The zero-order valence-corrected chi connectivity index (χ0v) is 11.4. The summed E-state index contributed by atoms with van der Waals surface area (Å²) in [7, 11) is 3.30. The van der Waals surface area contributed by atoms with Crippen molar-refractivity contribution in [3.63, 3.8) is 0 Å². The number of rotatable bonds is 5. The van der Waals surface area contributed by atoms with Gasteiger partial charge in [0.05, 0.1) is 18.8 Å². The maximum Gasteiger partial charge on any atom is 0.358 e. The number of aromatic carboxylic acids is 1. The van der Waals surface area contributed by atoms with Crippen molar-refractivity contribution in [2.24, 2.45) is 0 Å². The Balaban J connectivity index is 1.84. The van der Waals surface area contributed by atoms with Crippen LogP contribution < -0.4 is 0 Å². The van der Waals surface area contributed by atoms with Crippen molar-refractivity contribution < 1.29 is 19.4 Å². The van der Waals surface area contributed by atoms with Crippen LogP contribution in [0.25, 0.3) is 0 Å². The van der Waals surface area contributed by atoms with Gasteiger partial charge in [0.15, 0.2) is 5.69 Å². The lowest BCUT2D eigenvalue weighted by Gasteiger charge is -2.40. The highest BCUT2D eigenvalue weighted by Crippen LogP contribution is 2.21. The number of amides is 2. The Morgan fingerprint density at radius 1 is 1.55 bits per heavy atom. The van der Waals surface area contributed by atoms with E-state index in [0.29, 0.717) is 26.2 Å². The molecule has 0 atom stereocenters. The molecule has 0 aliphatic carbocycles. The van der Waals surface area contributed by atoms with Crippen LogP contribution in [-0.2, 0) is 4.74 Å². The second kappa shape index (κ2) is 5.87. The highest BCUT2D eigenvalue weighted by Gasteiger charge is 2.34. The molecule has 0 radical (unpaired) electrons. The van der Waals surface area contributed by atoms with Crippen LogP contribution in [0.4, 0.5) is 4.79 Å². The van der Waals surface area contributed by atoms with Crippen LogP contribution in [0.15, 0.2) is 6.20 Å². The van der Waals surface area contributed by atoms with Crippen molar-refractivity contribution in [3.8, 4) is 0 Å². The fourth-order valence-corrected chi connectivity index (χ4v) is 1.90. The lowest BCUT2D eigenvalue weighted by molar-refractivity contribution is 0.0689. The molecule has 1 saturated heterocycles. The maximum atomic E-state index is 12.0. The van der Waals surface area contributed by atoms with Crippen molar-refractivity contribution in [1.82, 2.24) is 24.8 Å². The van der Waals surface area contributed by atoms with Gasteiger partial charge >= 0.3 is 12.0 Å². The summed E-state index contributed by atoms with van der Waals surface area (Å²) in [5, 5.41) is 16.1. The van der Waals surface area contributed by atoms with E-state index in [0.717, 1.165) is 0 Å². The lowest BCUT2D eigenvalue weighted by atomic mass is 10.1. The van der Waals surface area contributed by atoms with Gasteiger partial charge in [-0.05, 0) is 0 Å². The third-order valence-corrected chi connectivity index (χ3v) is 3.19. The van der Waals surface area contributed by atoms with E-state index in [9.17, 15) is 9.59 Å². The highest BCUT2D eigenvalue weighted by atomic mass is 16.5. The van der Waals surface area contributed by atoms with E-state index in [1.807, 2.05) is 0 Å². The number of urea groups is 1. The van der Waals surface area contributed by atoms with Crippen LogP contribution in [-0.4, -0.2) is 82.3 Å². The normalized spacial score (nSPS) is 15.0. The molecule has 1 aliphatic heterocycles. The van der Waals surface area contributed by atoms with E-state index in [4.69, 9.17) is 9.84 Å². The molecule has 2 amide bonds. The second-order valence-corrected chi connectivity index (χ2v) is 4.64. The summed E-state index contributed by atoms with van der Waals surface area (Å²) < 4.78 is 6.41. The molecular formula is C11H17N5O4. The van der Waals surface area contributed by atoms with Gasteiger partial charge in [-0.2, -0.15) is 0 Å². The van der Waals surface area contributed by atoms with Crippen LogP contribution in [0, 0.1) is 0 Å². The number of carboxylic acids is 1. The number of hydrogen-bond donors (Lipinski definition) is 1. The topological polar surface area (TPSA) is 101 Å². The molecule has 9 heteroatoms. The average molecular weight is 283 g/mol. The number of likely N-dealkylation sites (N-methyl/N-ethyl adjacent to an activating group) is 1. The fourth-order valence-electron chi connectivity index (χ4n) is 1.90. The SMILES string of the molecule is COCCN(C)C(=O)N1CC(n2cc(C(=O)O)nn2)C1. The van der Waals surface area contributed by atoms with Gasteiger partial charge < -0.3 is 19.6 Å². The van der Waals surface area contributed by atoms with Crippen LogP contribution in [0.1, 0.15) is 16.5 Å². The predicted molar refractivity (Wildman–Crippen MR) is 67.5 cm³/mol. The molecule has 0 bridgehead atoms. The first-order chi connectivity index (χ1) is 9.52. The Morgan fingerprint density at radius 3 is 2.80 bits per heavy atom. The van der Waals surface area contributed by atoms with E-state index < -0.39 is 5.97 Å². The number of methoxy groups -OCH3 is 1. The minimum atomic E-state index is -1.11. The van der Waals surface area contributed by atoms with Gasteiger partial charge in [0, 0.05) is 33.8 Å². The van der Waals surface area contributed by atoms with E-state index in [-0.39, 0.29) is 17.8 Å². The van der Waals surface area contributed by atoms with Crippen LogP contribution in [0.5, 0.6) is 0 Å². The Hall–Kier alpha value is -2.16. The average Bonchev–Trinajstić information content (AvgIpc) is 2.83. The number of aromatic nitrogens is 3. The van der Waals surface area contributed by atoms with E-state index in [1.54, 1.807) is 24.0 Å². The number of carboxylic acid groups (broad SMARTS) is 1. The second-order valence-electron chi connectivity index (χ2n) is 4.64. The molecule has 20 heavy (non-hydrogen) atoms. The molecule has 1 aliphatic rings. The zero-order chi connectivity index (χ0) is 14.7. The Kier molecular flexibility index (Phi) is 4.18. The quantitative estimate of drug-likeness (QED) is 0.784. The summed E-state index contributed by atoms with van der Waals surface area (Å²) in [6, 6.07) is -0.0905. The molecule has 2 heterocycles. The van der Waals surface area contributed by atoms with Gasteiger partial charge in [0.25, 0.3) is 0 Å². The molecule has 0 saturated carbocycles. The molecule has 0 spiro atoms. The van der Waals surface area contributed by atoms with Gasteiger partial charge in [-0.1, -0.05) is 5.21 Å². The number of hydrogen-bond acceptors (Lipinski definition) is 5. The fraction of sp³-hybridized carbons (Fsp3) is 0.636. The monoisotopic (exact) mass is 283 g/mol. The molecule has 1 aromatic heterocycles. The summed E-state index contributed by atoms with van der Waals surface area (Å²) in [6.45, 7) is 2.02. The van der Waals surface area contributed by atoms with Crippen molar-refractivity contribution in [3.05, 3.63) is 11.9 Å².